The van der Waals surface area contributed by atoms with Gasteiger partial charge in [-0.3, -0.25) is 9.80 Å². The number of halogens is 3. The lowest BCUT2D eigenvalue weighted by molar-refractivity contribution is -0.148. The zero-order chi connectivity index (χ0) is 13.2. The molecule has 0 radical (unpaired) electrons. The highest BCUT2D eigenvalue weighted by Gasteiger charge is 2.33. The van der Waals surface area contributed by atoms with Gasteiger partial charge in [0.1, 0.15) is 0 Å². The van der Waals surface area contributed by atoms with Gasteiger partial charge in [0.05, 0.1) is 13.2 Å². The van der Waals surface area contributed by atoms with E-state index in [1.807, 2.05) is 0 Å². The molecule has 102 valence electrons. The third-order valence-corrected chi connectivity index (χ3v) is 2.93. The van der Waals surface area contributed by atoms with Gasteiger partial charge >= 0.3 is 12.2 Å². The van der Waals surface area contributed by atoms with E-state index in [0.29, 0.717) is 19.8 Å². The first kappa shape index (κ1) is 13.0. The van der Waals surface area contributed by atoms with Crippen LogP contribution in [0.3, 0.4) is 0 Å². The summed E-state index contributed by atoms with van der Waals surface area (Å²) in [5.41, 5.74) is 0. The van der Waals surface area contributed by atoms with Crippen LogP contribution in [0.25, 0.3) is 0 Å². The van der Waals surface area contributed by atoms with E-state index < -0.39 is 12.7 Å². The number of piperazine rings is 1. The maximum Gasteiger partial charge on any atom is 0.401 e. The Morgan fingerprint density at radius 3 is 2.39 bits per heavy atom. The van der Waals surface area contributed by atoms with Crippen LogP contribution in [-0.4, -0.2) is 66.3 Å². The number of nitrogens with one attached hydrogen (secondary N) is 1. The lowest BCUT2D eigenvalue weighted by Gasteiger charge is -2.36. The van der Waals surface area contributed by atoms with Crippen LogP contribution in [0.1, 0.15) is 0 Å². The fraction of sp³-hybridized carbons (Fsp3) is 0.700. The molecule has 0 unspecified atom stereocenters. The second kappa shape index (κ2) is 5.05. The lowest BCUT2D eigenvalue weighted by atomic mass is 10.3. The molecule has 5 nitrogen and oxygen atoms in total. The number of carbonyl (C=O) groups is 1. The highest BCUT2D eigenvalue weighted by atomic mass is 19.4. The molecule has 2 aliphatic heterocycles. The molecule has 2 heterocycles. The average Bonchev–Trinajstić information content (AvgIpc) is 2.80. The maximum absolute atomic E-state index is 12.2. The molecule has 0 bridgehead atoms. The SMILES string of the molecule is O=C(N1C=CNC1)N1CCN(CC(F)(F)F)CC1. The van der Waals surface area contributed by atoms with Gasteiger partial charge in [-0.05, 0) is 0 Å². The van der Waals surface area contributed by atoms with Crippen LogP contribution in [0.4, 0.5) is 18.0 Å². The number of amides is 2. The monoisotopic (exact) mass is 264 g/mol. The predicted molar refractivity (Wildman–Crippen MR) is 58.4 cm³/mol. The Morgan fingerprint density at radius 1 is 1.22 bits per heavy atom. The molecule has 0 aromatic rings. The highest BCUT2D eigenvalue weighted by molar-refractivity contribution is 5.76. The molecule has 0 saturated carbocycles. The Kier molecular flexibility index (Phi) is 3.65. The first-order valence-electron chi connectivity index (χ1n) is 5.70. The first-order chi connectivity index (χ1) is 8.46. The van der Waals surface area contributed by atoms with E-state index in [1.165, 1.54) is 9.80 Å². The fourth-order valence-electron chi connectivity index (χ4n) is 2.01. The summed E-state index contributed by atoms with van der Waals surface area (Å²) in [6.07, 6.45) is -0.879. The van der Waals surface area contributed by atoms with Crippen molar-refractivity contribution in [3.8, 4) is 0 Å². The quantitative estimate of drug-likeness (QED) is 0.754. The predicted octanol–water partition coefficient (Wildman–Crippen LogP) is 0.620. The van der Waals surface area contributed by atoms with E-state index in [2.05, 4.69) is 5.32 Å². The number of carbonyl (C=O) groups excluding carboxylic acids is 1. The topological polar surface area (TPSA) is 38.8 Å². The second-order valence-electron chi connectivity index (χ2n) is 4.31. The fourth-order valence-corrected chi connectivity index (χ4v) is 2.01. The third-order valence-electron chi connectivity index (χ3n) is 2.93. The van der Waals surface area contributed by atoms with Crippen molar-refractivity contribution in [1.82, 2.24) is 20.0 Å². The molecule has 0 aromatic heterocycles. The molecule has 1 N–H and O–H groups in total. The van der Waals surface area contributed by atoms with Gasteiger partial charge in [-0.1, -0.05) is 0 Å². The van der Waals surface area contributed by atoms with Crippen molar-refractivity contribution in [1.29, 1.82) is 0 Å². The molecular formula is C10H15F3N4O. The minimum Gasteiger partial charge on any atom is -0.372 e. The molecule has 0 aliphatic carbocycles. The Labute approximate surface area is 103 Å². The van der Waals surface area contributed by atoms with E-state index in [1.54, 1.807) is 17.3 Å². The number of nitrogens with zero attached hydrogens (tertiary/aromatic N) is 3. The van der Waals surface area contributed by atoms with Gasteiger partial charge < -0.3 is 10.2 Å². The molecule has 8 heteroatoms. The van der Waals surface area contributed by atoms with Gasteiger partial charge in [0.15, 0.2) is 0 Å². The van der Waals surface area contributed by atoms with Crippen LogP contribution in [0.2, 0.25) is 0 Å². The summed E-state index contributed by atoms with van der Waals surface area (Å²) in [4.78, 5) is 16.3. The Bertz CT molecular complexity index is 337. The van der Waals surface area contributed by atoms with E-state index in [4.69, 9.17) is 0 Å². The van der Waals surface area contributed by atoms with Gasteiger partial charge in [-0.2, -0.15) is 13.2 Å². The number of hydrogen-bond donors (Lipinski definition) is 1. The average molecular weight is 264 g/mol. The summed E-state index contributed by atoms with van der Waals surface area (Å²) in [5, 5.41) is 2.87. The standard InChI is InChI=1S/C10H15F3N4O/c11-10(12,13)7-15-3-5-16(6-4-15)9(18)17-2-1-14-8-17/h1-2,14H,3-8H2. The molecule has 1 fully saturated rings. The molecule has 2 amide bonds. The lowest BCUT2D eigenvalue weighted by Crippen LogP contribution is -2.53. The molecule has 18 heavy (non-hydrogen) atoms. The van der Waals surface area contributed by atoms with Crippen LogP contribution < -0.4 is 5.32 Å². The van der Waals surface area contributed by atoms with Crippen LogP contribution >= 0.6 is 0 Å². The number of urea groups is 1. The van der Waals surface area contributed by atoms with Crippen LogP contribution in [-0.2, 0) is 0 Å². The summed E-state index contributed by atoms with van der Waals surface area (Å²) in [6.45, 7) is 0.701. The zero-order valence-electron chi connectivity index (χ0n) is 9.78. The molecule has 2 rings (SSSR count). The van der Waals surface area contributed by atoms with E-state index in [-0.39, 0.29) is 19.1 Å². The zero-order valence-corrected chi connectivity index (χ0v) is 9.78. The summed E-state index contributed by atoms with van der Waals surface area (Å²) < 4.78 is 36.6. The van der Waals surface area contributed by atoms with E-state index in [9.17, 15) is 18.0 Å². The van der Waals surface area contributed by atoms with Crippen molar-refractivity contribution < 1.29 is 18.0 Å². The van der Waals surface area contributed by atoms with Gasteiger partial charge in [0, 0.05) is 38.6 Å². The largest absolute Gasteiger partial charge is 0.401 e. The number of alkyl halides is 3. The number of rotatable bonds is 1. The Morgan fingerprint density at radius 2 is 1.89 bits per heavy atom. The third kappa shape index (κ3) is 3.28. The van der Waals surface area contributed by atoms with Crippen molar-refractivity contribution >= 4 is 6.03 Å². The maximum atomic E-state index is 12.2. The van der Waals surface area contributed by atoms with Crippen LogP contribution in [0.5, 0.6) is 0 Å². The smallest absolute Gasteiger partial charge is 0.372 e. The van der Waals surface area contributed by atoms with Gasteiger partial charge in [-0.15, -0.1) is 0 Å². The summed E-state index contributed by atoms with van der Waals surface area (Å²) >= 11 is 0. The van der Waals surface area contributed by atoms with Crippen molar-refractivity contribution in [2.24, 2.45) is 0 Å². The van der Waals surface area contributed by atoms with Gasteiger partial charge in [-0.25, -0.2) is 4.79 Å². The molecule has 2 aliphatic rings. The summed E-state index contributed by atoms with van der Waals surface area (Å²) in [7, 11) is 0. The van der Waals surface area contributed by atoms with Gasteiger partial charge in [0.2, 0.25) is 0 Å². The van der Waals surface area contributed by atoms with E-state index >= 15 is 0 Å². The first-order valence-corrected chi connectivity index (χ1v) is 5.70. The van der Waals surface area contributed by atoms with Crippen molar-refractivity contribution in [3.05, 3.63) is 12.4 Å². The Balaban J connectivity index is 1.79. The molecule has 0 atom stereocenters. The van der Waals surface area contributed by atoms with Crippen molar-refractivity contribution in [3.63, 3.8) is 0 Å². The summed E-state index contributed by atoms with van der Waals surface area (Å²) in [5.74, 6) is 0. The molecule has 0 aromatic carbocycles. The highest BCUT2D eigenvalue weighted by Crippen LogP contribution is 2.17. The Hall–Kier alpha value is -1.44. The minimum absolute atomic E-state index is 0.164. The van der Waals surface area contributed by atoms with Crippen LogP contribution in [0, 0.1) is 0 Å². The molecular weight excluding hydrogens is 249 g/mol. The van der Waals surface area contributed by atoms with Crippen LogP contribution in [0.15, 0.2) is 12.4 Å². The van der Waals surface area contributed by atoms with E-state index in [0.717, 1.165) is 0 Å². The van der Waals surface area contributed by atoms with Crippen molar-refractivity contribution in [2.75, 3.05) is 39.4 Å². The number of hydrogen-bond acceptors (Lipinski definition) is 3. The minimum atomic E-state index is -4.17. The molecule has 1 saturated heterocycles. The summed E-state index contributed by atoms with van der Waals surface area (Å²) in [6, 6.07) is -0.164. The van der Waals surface area contributed by atoms with Crippen molar-refractivity contribution in [2.45, 2.75) is 6.18 Å². The van der Waals surface area contributed by atoms with Gasteiger partial charge in [0.25, 0.3) is 0 Å². The normalized spacial score (nSPS) is 21.3. The molecule has 0 spiro atoms. The second-order valence-corrected chi connectivity index (χ2v) is 4.31.